The summed E-state index contributed by atoms with van der Waals surface area (Å²) in [6, 6.07) is 10.1. The van der Waals surface area contributed by atoms with Crippen LogP contribution in [0.4, 0.5) is 11.4 Å². The van der Waals surface area contributed by atoms with Crippen molar-refractivity contribution in [3.05, 3.63) is 52.0 Å². The lowest BCUT2D eigenvalue weighted by Gasteiger charge is -2.12. The number of nitrogens with two attached hydrogens (primary N) is 1. The molecule has 21 heavy (non-hydrogen) atoms. The molecule has 0 bridgehead atoms. The van der Waals surface area contributed by atoms with Gasteiger partial charge in [0, 0.05) is 5.56 Å². The predicted molar refractivity (Wildman–Crippen MR) is 86.4 cm³/mol. The third kappa shape index (κ3) is 3.60. The molecule has 4 nitrogen and oxygen atoms in total. The van der Waals surface area contributed by atoms with Crippen LogP contribution in [0.5, 0.6) is 5.75 Å². The van der Waals surface area contributed by atoms with Crippen molar-refractivity contribution >= 4 is 40.5 Å². The molecule has 0 aliphatic heterocycles. The molecule has 0 fully saturated rings. The lowest BCUT2D eigenvalue weighted by atomic mass is 10.2. The Hall–Kier alpha value is -1.91. The van der Waals surface area contributed by atoms with Gasteiger partial charge < -0.3 is 15.8 Å². The third-order valence-electron chi connectivity index (χ3n) is 2.75. The van der Waals surface area contributed by atoms with Crippen LogP contribution in [-0.4, -0.2) is 12.5 Å². The van der Waals surface area contributed by atoms with E-state index in [-0.39, 0.29) is 21.6 Å². The molecule has 0 aliphatic carbocycles. The van der Waals surface area contributed by atoms with Gasteiger partial charge in [-0.15, -0.1) is 0 Å². The van der Waals surface area contributed by atoms with E-state index in [9.17, 15) is 4.79 Å². The van der Waals surface area contributed by atoms with E-state index in [1.165, 1.54) is 12.1 Å². The van der Waals surface area contributed by atoms with Crippen LogP contribution in [-0.2, 0) is 0 Å². The number of hydrogen-bond donors (Lipinski definition) is 2. The van der Waals surface area contributed by atoms with Gasteiger partial charge >= 0.3 is 0 Å². The van der Waals surface area contributed by atoms with E-state index in [0.717, 1.165) is 0 Å². The molecule has 2 aromatic carbocycles. The number of hydrogen-bond acceptors (Lipinski definition) is 3. The maximum atomic E-state index is 12.3. The molecule has 0 radical (unpaired) electrons. The smallest absolute Gasteiger partial charge is 0.255 e. The van der Waals surface area contributed by atoms with Crippen molar-refractivity contribution in [1.82, 2.24) is 0 Å². The van der Waals surface area contributed by atoms with E-state index in [4.69, 9.17) is 33.7 Å². The zero-order valence-electron chi connectivity index (χ0n) is 11.3. The van der Waals surface area contributed by atoms with Crippen LogP contribution in [0.2, 0.25) is 10.0 Å². The summed E-state index contributed by atoms with van der Waals surface area (Å²) in [7, 11) is 0. The summed E-state index contributed by atoms with van der Waals surface area (Å²) in [6.45, 7) is 2.38. The molecule has 0 aromatic heterocycles. The number of carbonyl (C=O) groups excluding carboxylic acids is 1. The second kappa shape index (κ2) is 6.70. The fourth-order valence-corrected chi connectivity index (χ4v) is 2.12. The topological polar surface area (TPSA) is 64.3 Å². The Morgan fingerprint density at radius 1 is 1.29 bits per heavy atom. The van der Waals surface area contributed by atoms with Crippen LogP contribution in [0, 0.1) is 0 Å². The van der Waals surface area contributed by atoms with Crippen molar-refractivity contribution in [3.8, 4) is 5.75 Å². The molecule has 0 saturated carbocycles. The lowest BCUT2D eigenvalue weighted by Crippen LogP contribution is -2.13. The van der Waals surface area contributed by atoms with Crippen LogP contribution in [0.1, 0.15) is 17.3 Å². The summed E-state index contributed by atoms with van der Waals surface area (Å²) in [5.74, 6) is 0.258. The average molecular weight is 325 g/mol. The molecule has 0 unspecified atom stereocenters. The SMILES string of the molecule is CCOc1ccccc1NC(=O)c1cc(N)c(Cl)c(Cl)c1. The molecule has 2 rings (SSSR count). The van der Waals surface area contributed by atoms with Gasteiger partial charge in [-0.25, -0.2) is 0 Å². The van der Waals surface area contributed by atoms with E-state index >= 15 is 0 Å². The first-order valence-corrected chi connectivity index (χ1v) is 7.06. The van der Waals surface area contributed by atoms with Crippen LogP contribution >= 0.6 is 23.2 Å². The fourth-order valence-electron chi connectivity index (χ4n) is 1.79. The van der Waals surface area contributed by atoms with Crippen LogP contribution in [0.3, 0.4) is 0 Å². The summed E-state index contributed by atoms with van der Waals surface area (Å²) in [6.07, 6.45) is 0. The molecule has 110 valence electrons. The molecule has 1 amide bonds. The third-order valence-corrected chi connectivity index (χ3v) is 3.57. The average Bonchev–Trinajstić information content (AvgIpc) is 2.46. The molecule has 2 aromatic rings. The van der Waals surface area contributed by atoms with E-state index in [1.54, 1.807) is 18.2 Å². The highest BCUT2D eigenvalue weighted by molar-refractivity contribution is 6.44. The summed E-state index contributed by atoms with van der Waals surface area (Å²) >= 11 is 11.8. The molecular weight excluding hydrogens is 311 g/mol. The molecule has 0 heterocycles. The number of ether oxygens (including phenoxy) is 1. The van der Waals surface area contributed by atoms with Gasteiger partial charge in [0.25, 0.3) is 5.91 Å². The summed E-state index contributed by atoms with van der Waals surface area (Å²) in [5.41, 5.74) is 6.87. The number of nitrogens with one attached hydrogen (secondary N) is 1. The first-order valence-electron chi connectivity index (χ1n) is 6.30. The number of para-hydroxylation sites is 2. The zero-order chi connectivity index (χ0) is 15.4. The highest BCUT2D eigenvalue weighted by Crippen LogP contribution is 2.30. The summed E-state index contributed by atoms with van der Waals surface area (Å²) in [4.78, 5) is 12.3. The van der Waals surface area contributed by atoms with Crippen LogP contribution < -0.4 is 15.8 Å². The minimum atomic E-state index is -0.340. The Bertz CT molecular complexity index is 651. The quantitative estimate of drug-likeness (QED) is 0.827. The predicted octanol–water partition coefficient (Wildman–Crippen LogP) is 4.23. The van der Waals surface area contributed by atoms with Gasteiger partial charge in [0.15, 0.2) is 0 Å². The number of carbonyl (C=O) groups is 1. The van der Waals surface area contributed by atoms with Crippen molar-refractivity contribution in [2.24, 2.45) is 0 Å². The Kier molecular flexibility index (Phi) is 4.94. The van der Waals surface area contributed by atoms with Gasteiger partial charge in [0.2, 0.25) is 0 Å². The molecule has 3 N–H and O–H groups in total. The van der Waals surface area contributed by atoms with Gasteiger partial charge in [-0.2, -0.15) is 0 Å². The van der Waals surface area contributed by atoms with Gasteiger partial charge in [-0.3, -0.25) is 4.79 Å². The fraction of sp³-hybridized carbons (Fsp3) is 0.133. The van der Waals surface area contributed by atoms with Crippen molar-refractivity contribution in [1.29, 1.82) is 0 Å². The Balaban J connectivity index is 2.26. The number of nitrogen functional groups attached to an aromatic ring is 1. The largest absolute Gasteiger partial charge is 0.492 e. The molecule has 0 saturated heterocycles. The van der Waals surface area contributed by atoms with E-state index in [0.29, 0.717) is 23.6 Å². The zero-order valence-corrected chi connectivity index (χ0v) is 12.8. The first-order chi connectivity index (χ1) is 10.0. The summed E-state index contributed by atoms with van der Waals surface area (Å²) < 4.78 is 5.45. The van der Waals surface area contributed by atoms with Gasteiger partial charge in [0.1, 0.15) is 5.75 Å². The van der Waals surface area contributed by atoms with Crippen molar-refractivity contribution in [2.75, 3.05) is 17.7 Å². The molecule has 0 spiro atoms. The molecule has 0 aliphatic rings. The van der Waals surface area contributed by atoms with Crippen molar-refractivity contribution in [3.63, 3.8) is 0 Å². The highest BCUT2D eigenvalue weighted by atomic mass is 35.5. The number of benzene rings is 2. The van der Waals surface area contributed by atoms with E-state index in [1.807, 2.05) is 13.0 Å². The van der Waals surface area contributed by atoms with Crippen molar-refractivity contribution in [2.45, 2.75) is 6.92 Å². The highest BCUT2D eigenvalue weighted by Gasteiger charge is 2.13. The Morgan fingerprint density at radius 2 is 2.00 bits per heavy atom. The summed E-state index contributed by atoms with van der Waals surface area (Å²) in [5, 5.41) is 3.24. The Morgan fingerprint density at radius 3 is 2.67 bits per heavy atom. The van der Waals surface area contributed by atoms with Gasteiger partial charge in [-0.1, -0.05) is 35.3 Å². The second-order valence-electron chi connectivity index (χ2n) is 4.24. The number of halogens is 2. The maximum Gasteiger partial charge on any atom is 0.255 e. The van der Waals surface area contributed by atoms with Crippen LogP contribution in [0.25, 0.3) is 0 Å². The standard InChI is InChI=1S/C15H14Cl2N2O2/c1-2-21-13-6-4-3-5-12(13)19-15(20)9-7-10(16)14(17)11(18)8-9/h3-8H,2,18H2,1H3,(H,19,20). The molecule has 6 heteroatoms. The monoisotopic (exact) mass is 324 g/mol. The lowest BCUT2D eigenvalue weighted by molar-refractivity contribution is 0.102. The minimum Gasteiger partial charge on any atom is -0.492 e. The number of amides is 1. The van der Waals surface area contributed by atoms with Gasteiger partial charge in [-0.05, 0) is 31.2 Å². The number of anilines is 2. The van der Waals surface area contributed by atoms with Gasteiger partial charge in [0.05, 0.1) is 28.0 Å². The maximum absolute atomic E-state index is 12.3. The normalized spacial score (nSPS) is 10.2. The number of rotatable bonds is 4. The molecular formula is C15H14Cl2N2O2. The van der Waals surface area contributed by atoms with E-state index < -0.39 is 0 Å². The van der Waals surface area contributed by atoms with Crippen molar-refractivity contribution < 1.29 is 9.53 Å². The Labute approximate surface area is 132 Å². The van der Waals surface area contributed by atoms with Crippen LogP contribution in [0.15, 0.2) is 36.4 Å². The second-order valence-corrected chi connectivity index (χ2v) is 5.03. The molecule has 0 atom stereocenters. The van der Waals surface area contributed by atoms with E-state index in [2.05, 4.69) is 5.32 Å². The first kappa shape index (κ1) is 15.5. The minimum absolute atomic E-state index is 0.236.